The van der Waals surface area contributed by atoms with Gasteiger partial charge in [-0.2, -0.15) is 0 Å². The summed E-state index contributed by atoms with van der Waals surface area (Å²) >= 11 is 2.85. The Hall–Kier alpha value is -3.05. The predicted octanol–water partition coefficient (Wildman–Crippen LogP) is 5.13. The van der Waals surface area contributed by atoms with Crippen LogP contribution in [0.15, 0.2) is 38.6 Å². The third kappa shape index (κ3) is 4.58. The molecule has 166 valence electrons. The van der Waals surface area contributed by atoms with Gasteiger partial charge in [-0.1, -0.05) is 32.0 Å². The predicted molar refractivity (Wildman–Crippen MR) is 124 cm³/mol. The Morgan fingerprint density at radius 3 is 2.72 bits per heavy atom. The number of aromatic amines is 1. The first-order valence-electron chi connectivity index (χ1n) is 10.1. The number of benzene rings is 1. The third-order valence-electron chi connectivity index (χ3n) is 5.21. The number of hydrogen-bond donors (Lipinski definition) is 1. The number of H-pyrrole nitrogens is 1. The molecular weight excluding hydrogens is 450 g/mol. The average molecular weight is 472 g/mol. The molecule has 0 aliphatic carbocycles. The van der Waals surface area contributed by atoms with Gasteiger partial charge in [0.05, 0.1) is 16.1 Å². The van der Waals surface area contributed by atoms with Crippen LogP contribution in [0.1, 0.15) is 36.6 Å². The maximum absolute atomic E-state index is 12.8. The van der Waals surface area contributed by atoms with Crippen molar-refractivity contribution in [1.29, 1.82) is 0 Å². The van der Waals surface area contributed by atoms with Crippen molar-refractivity contribution in [3.05, 3.63) is 61.1 Å². The van der Waals surface area contributed by atoms with Crippen molar-refractivity contribution in [1.82, 2.24) is 20.2 Å². The van der Waals surface area contributed by atoms with Crippen LogP contribution in [0.4, 0.5) is 5.69 Å². The number of nitrogens with zero attached hydrogens (tertiary/aromatic N) is 4. The molecule has 1 atom stereocenters. The fraction of sp³-hybridized carbons (Fsp3) is 0.333. The zero-order valence-electron chi connectivity index (χ0n) is 17.7. The van der Waals surface area contributed by atoms with Crippen LogP contribution in [-0.2, 0) is 12.2 Å². The molecule has 0 saturated heterocycles. The minimum absolute atomic E-state index is 0.00871. The van der Waals surface area contributed by atoms with E-state index in [9.17, 15) is 14.9 Å². The standard InChI is InChI=1S/C21H21N5O4S2/c1-4-11(2)9-15-12(3)32-20-17(15)18(27)22-21(23-20)31-10-16-24-25-19(30-16)13-5-7-14(8-6-13)26(28)29/h5-8,11H,4,9-10H2,1-3H3,(H,22,23,27). The Bertz CT molecular complexity index is 1330. The Kier molecular flexibility index (Phi) is 6.38. The number of non-ortho nitro benzene ring substituents is 1. The van der Waals surface area contributed by atoms with E-state index in [2.05, 4.69) is 34.0 Å². The van der Waals surface area contributed by atoms with Crippen molar-refractivity contribution in [2.75, 3.05) is 0 Å². The van der Waals surface area contributed by atoms with Gasteiger partial charge in [0, 0.05) is 22.6 Å². The molecular formula is C21H21N5O4S2. The van der Waals surface area contributed by atoms with Gasteiger partial charge in [0.2, 0.25) is 11.8 Å². The summed E-state index contributed by atoms with van der Waals surface area (Å²) in [6, 6.07) is 5.89. The van der Waals surface area contributed by atoms with Crippen LogP contribution in [0.5, 0.6) is 0 Å². The number of rotatable bonds is 8. The van der Waals surface area contributed by atoms with Crippen LogP contribution in [-0.4, -0.2) is 25.1 Å². The highest BCUT2D eigenvalue weighted by atomic mass is 32.2. The largest absolute Gasteiger partial charge is 0.420 e. The third-order valence-corrected chi connectivity index (χ3v) is 7.11. The maximum Gasteiger partial charge on any atom is 0.269 e. The van der Waals surface area contributed by atoms with Crippen molar-refractivity contribution in [3.8, 4) is 11.5 Å². The Balaban J connectivity index is 1.50. The smallest absolute Gasteiger partial charge is 0.269 e. The first-order valence-corrected chi connectivity index (χ1v) is 11.9. The zero-order valence-corrected chi connectivity index (χ0v) is 19.4. The van der Waals surface area contributed by atoms with Crippen LogP contribution in [0.25, 0.3) is 21.7 Å². The molecule has 0 amide bonds. The molecule has 0 bridgehead atoms. The summed E-state index contributed by atoms with van der Waals surface area (Å²) in [6.07, 6.45) is 1.93. The minimum atomic E-state index is -0.466. The van der Waals surface area contributed by atoms with E-state index in [4.69, 9.17) is 4.42 Å². The molecule has 11 heteroatoms. The van der Waals surface area contributed by atoms with Gasteiger partial charge in [0.15, 0.2) is 5.16 Å². The van der Waals surface area contributed by atoms with Crippen LogP contribution < -0.4 is 5.56 Å². The van der Waals surface area contributed by atoms with E-state index in [1.165, 1.54) is 23.9 Å². The van der Waals surface area contributed by atoms with Crippen LogP contribution in [0.2, 0.25) is 0 Å². The normalized spacial score (nSPS) is 12.3. The summed E-state index contributed by atoms with van der Waals surface area (Å²) in [4.78, 5) is 32.5. The second-order valence-corrected chi connectivity index (χ2v) is 9.67. The number of aromatic nitrogens is 4. The molecule has 0 spiro atoms. The Morgan fingerprint density at radius 2 is 2.03 bits per heavy atom. The fourth-order valence-corrected chi connectivity index (χ4v) is 5.06. The number of fused-ring (bicyclic) bond motifs is 1. The lowest BCUT2D eigenvalue weighted by molar-refractivity contribution is -0.384. The van der Waals surface area contributed by atoms with Gasteiger partial charge in [0.1, 0.15) is 4.83 Å². The average Bonchev–Trinajstić information content (AvgIpc) is 3.37. The minimum Gasteiger partial charge on any atom is -0.420 e. The summed E-state index contributed by atoms with van der Waals surface area (Å²) in [6.45, 7) is 6.37. The topological polar surface area (TPSA) is 128 Å². The molecule has 1 unspecified atom stereocenters. The Labute approximate surface area is 191 Å². The number of nitro benzene ring substituents is 1. The number of thioether (sulfide) groups is 1. The van der Waals surface area contributed by atoms with E-state index in [1.54, 1.807) is 23.5 Å². The Morgan fingerprint density at radius 1 is 1.28 bits per heavy atom. The van der Waals surface area contributed by atoms with Gasteiger partial charge < -0.3 is 9.40 Å². The highest BCUT2D eigenvalue weighted by molar-refractivity contribution is 7.98. The molecule has 0 saturated carbocycles. The second kappa shape index (κ2) is 9.21. The maximum atomic E-state index is 12.8. The molecule has 0 aliphatic heterocycles. The highest BCUT2D eigenvalue weighted by Gasteiger charge is 2.18. The molecule has 3 aromatic heterocycles. The lowest BCUT2D eigenvalue weighted by Gasteiger charge is -2.08. The molecule has 4 aromatic rings. The van der Waals surface area contributed by atoms with Crippen LogP contribution in [0, 0.1) is 23.0 Å². The number of aryl methyl sites for hydroxylation is 1. The number of thiophene rings is 1. The monoisotopic (exact) mass is 471 g/mol. The summed E-state index contributed by atoms with van der Waals surface area (Å²) in [5.74, 6) is 1.47. The van der Waals surface area contributed by atoms with E-state index >= 15 is 0 Å². The van der Waals surface area contributed by atoms with Gasteiger partial charge in [-0.15, -0.1) is 21.5 Å². The van der Waals surface area contributed by atoms with Gasteiger partial charge >= 0.3 is 0 Å². The van der Waals surface area contributed by atoms with Crippen LogP contribution >= 0.6 is 23.1 Å². The zero-order chi connectivity index (χ0) is 22.8. The van der Waals surface area contributed by atoms with Crippen LogP contribution in [0.3, 0.4) is 0 Å². The van der Waals surface area contributed by atoms with Crippen molar-refractivity contribution in [2.45, 2.75) is 44.5 Å². The van der Waals surface area contributed by atoms with Gasteiger partial charge in [0.25, 0.3) is 11.2 Å². The van der Waals surface area contributed by atoms with Crippen molar-refractivity contribution in [3.63, 3.8) is 0 Å². The van der Waals surface area contributed by atoms with Crippen molar-refractivity contribution in [2.24, 2.45) is 5.92 Å². The quantitative estimate of drug-likeness (QED) is 0.162. The lowest BCUT2D eigenvalue weighted by Crippen LogP contribution is -2.11. The lowest BCUT2D eigenvalue weighted by atomic mass is 9.98. The first-order chi connectivity index (χ1) is 15.4. The molecule has 3 heterocycles. The summed E-state index contributed by atoms with van der Waals surface area (Å²) in [5, 5.41) is 20.0. The number of hydrogen-bond acceptors (Lipinski definition) is 9. The summed E-state index contributed by atoms with van der Waals surface area (Å²) < 4.78 is 5.66. The van der Waals surface area contributed by atoms with E-state index < -0.39 is 4.92 Å². The number of nitro groups is 1. The van der Waals surface area contributed by atoms with E-state index in [1.807, 2.05) is 6.92 Å². The van der Waals surface area contributed by atoms with E-state index in [0.29, 0.717) is 33.7 Å². The molecule has 1 N–H and O–H groups in total. The van der Waals surface area contributed by atoms with Gasteiger partial charge in [-0.3, -0.25) is 14.9 Å². The molecule has 9 nitrogen and oxygen atoms in total. The molecule has 0 aliphatic rings. The highest BCUT2D eigenvalue weighted by Crippen LogP contribution is 2.31. The number of nitrogens with one attached hydrogen (secondary N) is 1. The second-order valence-electron chi connectivity index (χ2n) is 7.50. The van der Waals surface area contributed by atoms with E-state index in [-0.39, 0.29) is 17.1 Å². The molecule has 32 heavy (non-hydrogen) atoms. The molecule has 4 rings (SSSR count). The molecule has 0 radical (unpaired) electrons. The summed E-state index contributed by atoms with van der Waals surface area (Å²) in [5.41, 5.74) is 1.55. The van der Waals surface area contributed by atoms with Crippen molar-refractivity contribution < 1.29 is 9.34 Å². The fourth-order valence-electron chi connectivity index (χ4n) is 3.25. The van der Waals surface area contributed by atoms with Crippen molar-refractivity contribution >= 4 is 39.0 Å². The van der Waals surface area contributed by atoms with Gasteiger partial charge in [-0.25, -0.2) is 4.98 Å². The van der Waals surface area contributed by atoms with Gasteiger partial charge in [-0.05, 0) is 37.0 Å². The SMILES string of the molecule is CCC(C)Cc1c(C)sc2nc(SCc3nnc(-c4ccc([N+](=O)[O-])cc4)o3)[nH]c(=O)c12. The molecule has 0 fully saturated rings. The first kappa shape index (κ1) is 22.2. The summed E-state index contributed by atoms with van der Waals surface area (Å²) in [7, 11) is 0. The van der Waals surface area contributed by atoms with E-state index in [0.717, 1.165) is 28.1 Å². The molecule has 1 aromatic carbocycles.